The van der Waals surface area contributed by atoms with E-state index >= 15 is 0 Å². The third-order valence-corrected chi connectivity index (χ3v) is 2.66. The van der Waals surface area contributed by atoms with Crippen LogP contribution in [0.5, 0.6) is 5.75 Å². The van der Waals surface area contributed by atoms with Crippen molar-refractivity contribution < 1.29 is 4.74 Å². The molecule has 2 nitrogen and oxygen atoms in total. The van der Waals surface area contributed by atoms with Gasteiger partial charge in [-0.25, -0.2) is 0 Å². The number of fused-ring (bicyclic) bond motifs is 1. The summed E-state index contributed by atoms with van der Waals surface area (Å²) in [6.45, 7) is 6.20. The van der Waals surface area contributed by atoms with Crippen LogP contribution in [0.1, 0.15) is 20.8 Å². The van der Waals surface area contributed by atoms with Crippen LogP contribution in [-0.2, 0) is 0 Å². The number of aliphatic imine (C=N–C) groups is 1. The number of nitrogens with zero attached hydrogens (tertiary/aromatic N) is 1. The number of hydrogen-bond acceptors (Lipinski definition) is 2. The van der Waals surface area contributed by atoms with Gasteiger partial charge in [-0.1, -0.05) is 24.1 Å². The fourth-order valence-corrected chi connectivity index (χ4v) is 1.87. The first kappa shape index (κ1) is 13.2. The molecule has 0 aromatic heterocycles. The summed E-state index contributed by atoms with van der Waals surface area (Å²) in [5.74, 6) is 6.59. The topological polar surface area (TPSA) is 21.6 Å². The van der Waals surface area contributed by atoms with E-state index in [0.29, 0.717) is 6.61 Å². The van der Waals surface area contributed by atoms with E-state index in [1.54, 1.807) is 0 Å². The SMILES string of the molecule is CC#CCOc1cccc2ccc(N=C(C)C)cc12. The minimum Gasteiger partial charge on any atom is -0.480 e. The van der Waals surface area contributed by atoms with Gasteiger partial charge in [-0.2, -0.15) is 0 Å². The van der Waals surface area contributed by atoms with Gasteiger partial charge in [0.1, 0.15) is 12.4 Å². The predicted octanol–water partition coefficient (Wildman–Crippen LogP) is 4.35. The van der Waals surface area contributed by atoms with Crippen LogP contribution in [0.25, 0.3) is 10.8 Å². The first-order valence-corrected chi connectivity index (χ1v) is 6.28. The quantitative estimate of drug-likeness (QED) is 0.587. The molecule has 0 saturated carbocycles. The summed E-state index contributed by atoms with van der Waals surface area (Å²) in [7, 11) is 0. The van der Waals surface area contributed by atoms with E-state index in [4.69, 9.17) is 4.74 Å². The van der Waals surface area contributed by atoms with Crippen LogP contribution >= 0.6 is 0 Å². The van der Waals surface area contributed by atoms with Crippen molar-refractivity contribution in [3.8, 4) is 17.6 Å². The van der Waals surface area contributed by atoms with Gasteiger partial charge in [-0.05, 0) is 44.4 Å². The van der Waals surface area contributed by atoms with Crippen molar-refractivity contribution in [2.24, 2.45) is 4.99 Å². The number of benzene rings is 2. The van der Waals surface area contributed by atoms with E-state index in [0.717, 1.165) is 27.9 Å². The molecule has 0 unspecified atom stereocenters. The maximum Gasteiger partial charge on any atom is 0.149 e. The lowest BCUT2D eigenvalue weighted by Gasteiger charge is -2.07. The third kappa shape index (κ3) is 3.35. The molecule has 2 aromatic rings. The number of rotatable bonds is 3. The molecule has 0 aliphatic carbocycles. The van der Waals surface area contributed by atoms with E-state index in [9.17, 15) is 0 Å². The molecule has 0 spiro atoms. The van der Waals surface area contributed by atoms with Gasteiger partial charge < -0.3 is 4.74 Å². The highest BCUT2D eigenvalue weighted by Gasteiger charge is 2.02. The summed E-state index contributed by atoms with van der Waals surface area (Å²) in [5.41, 5.74) is 1.99. The van der Waals surface area contributed by atoms with Crippen molar-refractivity contribution in [1.82, 2.24) is 0 Å². The van der Waals surface area contributed by atoms with Crippen molar-refractivity contribution in [2.75, 3.05) is 6.61 Å². The molecular weight excluding hydrogens is 234 g/mol. The lowest BCUT2D eigenvalue weighted by atomic mass is 10.1. The second-order valence-corrected chi connectivity index (χ2v) is 4.44. The zero-order chi connectivity index (χ0) is 13.7. The lowest BCUT2D eigenvalue weighted by molar-refractivity contribution is 0.374. The average Bonchev–Trinajstić information content (AvgIpc) is 2.39. The largest absolute Gasteiger partial charge is 0.480 e. The highest BCUT2D eigenvalue weighted by molar-refractivity contribution is 5.92. The molecule has 96 valence electrons. The first-order valence-electron chi connectivity index (χ1n) is 6.28. The molecule has 2 rings (SSSR count). The van der Waals surface area contributed by atoms with Crippen LogP contribution in [0, 0.1) is 11.8 Å². The first-order chi connectivity index (χ1) is 9.20. The van der Waals surface area contributed by atoms with Crippen LogP contribution in [0.15, 0.2) is 41.4 Å². The van der Waals surface area contributed by atoms with Crippen molar-refractivity contribution in [1.29, 1.82) is 0 Å². The third-order valence-electron chi connectivity index (χ3n) is 2.66. The molecule has 0 saturated heterocycles. The maximum atomic E-state index is 5.70. The fourth-order valence-electron chi connectivity index (χ4n) is 1.87. The molecule has 0 atom stereocenters. The van der Waals surface area contributed by atoms with E-state index in [1.807, 2.05) is 39.0 Å². The van der Waals surface area contributed by atoms with Gasteiger partial charge in [0.05, 0.1) is 5.69 Å². The summed E-state index contributed by atoms with van der Waals surface area (Å²) in [5, 5.41) is 2.22. The Balaban J connectivity index is 2.44. The molecule has 2 aromatic carbocycles. The molecule has 0 heterocycles. The summed E-state index contributed by atoms with van der Waals surface area (Å²) in [6.07, 6.45) is 0. The van der Waals surface area contributed by atoms with Crippen LogP contribution in [0.4, 0.5) is 5.69 Å². The Bertz CT molecular complexity index is 670. The monoisotopic (exact) mass is 251 g/mol. The predicted molar refractivity (Wildman–Crippen MR) is 81.3 cm³/mol. The molecule has 2 heteroatoms. The highest BCUT2D eigenvalue weighted by Crippen LogP contribution is 2.29. The molecule has 0 fully saturated rings. The number of ether oxygens (including phenoxy) is 1. The molecule has 0 aliphatic heterocycles. The molecular formula is C17H17NO. The Labute approximate surface area is 114 Å². The van der Waals surface area contributed by atoms with Gasteiger partial charge in [0.2, 0.25) is 0 Å². The van der Waals surface area contributed by atoms with Crippen LogP contribution in [0.2, 0.25) is 0 Å². The Morgan fingerprint density at radius 1 is 1.21 bits per heavy atom. The molecule has 0 aliphatic rings. The Morgan fingerprint density at radius 3 is 2.79 bits per heavy atom. The van der Waals surface area contributed by atoms with Crippen molar-refractivity contribution >= 4 is 22.2 Å². The molecule has 0 radical (unpaired) electrons. The van der Waals surface area contributed by atoms with Crippen LogP contribution in [-0.4, -0.2) is 12.3 Å². The maximum absolute atomic E-state index is 5.70. The van der Waals surface area contributed by atoms with Gasteiger partial charge >= 0.3 is 0 Å². The highest BCUT2D eigenvalue weighted by atomic mass is 16.5. The van der Waals surface area contributed by atoms with E-state index in [2.05, 4.69) is 35.0 Å². The van der Waals surface area contributed by atoms with Crippen molar-refractivity contribution in [3.63, 3.8) is 0 Å². The zero-order valence-corrected chi connectivity index (χ0v) is 11.5. The van der Waals surface area contributed by atoms with E-state index in [-0.39, 0.29) is 0 Å². The van der Waals surface area contributed by atoms with E-state index in [1.165, 1.54) is 0 Å². The molecule has 0 N–H and O–H groups in total. The van der Waals surface area contributed by atoms with Crippen molar-refractivity contribution in [2.45, 2.75) is 20.8 Å². The summed E-state index contributed by atoms with van der Waals surface area (Å²) < 4.78 is 5.70. The average molecular weight is 251 g/mol. The minimum atomic E-state index is 0.413. The van der Waals surface area contributed by atoms with Gasteiger partial charge in [0.15, 0.2) is 0 Å². The van der Waals surface area contributed by atoms with Gasteiger partial charge in [0, 0.05) is 11.1 Å². The second-order valence-electron chi connectivity index (χ2n) is 4.44. The fraction of sp³-hybridized carbons (Fsp3) is 0.235. The number of hydrogen-bond donors (Lipinski definition) is 0. The molecule has 0 amide bonds. The van der Waals surface area contributed by atoms with Crippen molar-refractivity contribution in [3.05, 3.63) is 36.4 Å². The van der Waals surface area contributed by atoms with Crippen LogP contribution < -0.4 is 4.74 Å². The second kappa shape index (κ2) is 6.06. The Morgan fingerprint density at radius 2 is 2.05 bits per heavy atom. The smallest absolute Gasteiger partial charge is 0.149 e. The summed E-state index contributed by atoms with van der Waals surface area (Å²) in [6, 6.07) is 12.2. The Kier molecular flexibility index (Phi) is 4.20. The zero-order valence-electron chi connectivity index (χ0n) is 11.5. The van der Waals surface area contributed by atoms with Crippen LogP contribution in [0.3, 0.4) is 0 Å². The van der Waals surface area contributed by atoms with Gasteiger partial charge in [-0.3, -0.25) is 4.99 Å². The standard InChI is InChI=1S/C17H17NO/c1-4-5-11-19-17-8-6-7-14-9-10-15(12-16(14)17)18-13(2)3/h6-10,12H,11H2,1-3H3. The lowest BCUT2D eigenvalue weighted by Crippen LogP contribution is -1.94. The summed E-state index contributed by atoms with van der Waals surface area (Å²) >= 11 is 0. The van der Waals surface area contributed by atoms with Gasteiger partial charge in [-0.15, -0.1) is 5.92 Å². The van der Waals surface area contributed by atoms with E-state index < -0.39 is 0 Å². The minimum absolute atomic E-state index is 0.413. The van der Waals surface area contributed by atoms with Gasteiger partial charge in [0.25, 0.3) is 0 Å². The molecule has 0 bridgehead atoms. The summed E-state index contributed by atoms with van der Waals surface area (Å²) in [4.78, 5) is 4.48. The Hall–Kier alpha value is -2.27. The molecule has 19 heavy (non-hydrogen) atoms. The normalized spacial score (nSPS) is 9.63.